The van der Waals surface area contributed by atoms with Crippen LogP contribution in [0.1, 0.15) is 23.0 Å². The lowest BCUT2D eigenvalue weighted by Crippen LogP contribution is -2.22. The molecule has 9 heteroatoms. The third-order valence-corrected chi connectivity index (χ3v) is 4.71. The van der Waals surface area contributed by atoms with Gasteiger partial charge in [0.15, 0.2) is 5.13 Å². The van der Waals surface area contributed by atoms with Gasteiger partial charge in [-0.1, -0.05) is 0 Å². The van der Waals surface area contributed by atoms with Crippen LogP contribution in [0, 0.1) is 0 Å². The van der Waals surface area contributed by atoms with E-state index in [9.17, 15) is 9.59 Å². The second kappa shape index (κ2) is 8.98. The first-order chi connectivity index (χ1) is 14.0. The minimum atomic E-state index is -0.984. The topological polar surface area (TPSA) is 104 Å². The number of carboxylic acids is 1. The van der Waals surface area contributed by atoms with E-state index in [1.54, 1.807) is 48.9 Å². The highest BCUT2D eigenvalue weighted by Gasteiger charge is 2.17. The first-order valence-corrected chi connectivity index (χ1v) is 9.38. The van der Waals surface area contributed by atoms with Crippen molar-refractivity contribution in [2.24, 2.45) is 5.10 Å². The lowest BCUT2D eigenvalue weighted by atomic mass is 10.2. The quantitative estimate of drug-likeness (QED) is 0.451. The molecule has 0 aliphatic carbocycles. The zero-order chi connectivity index (χ0) is 20.8. The monoisotopic (exact) mass is 410 g/mol. The highest BCUT2D eigenvalue weighted by molar-refractivity contribution is 7.14. The fraction of sp³-hybridized carbons (Fsp3) is 0.100. The van der Waals surface area contributed by atoms with Gasteiger partial charge in [0.1, 0.15) is 5.75 Å². The Morgan fingerprint density at radius 3 is 2.45 bits per heavy atom. The van der Waals surface area contributed by atoms with Gasteiger partial charge in [-0.15, -0.1) is 11.3 Å². The summed E-state index contributed by atoms with van der Waals surface area (Å²) in [6.07, 6.45) is 1.53. The number of carbonyl (C=O) groups excluding carboxylic acids is 1. The maximum Gasteiger partial charge on any atom is 0.335 e. The van der Waals surface area contributed by atoms with Crippen molar-refractivity contribution in [1.82, 2.24) is 4.98 Å². The van der Waals surface area contributed by atoms with Gasteiger partial charge >= 0.3 is 5.97 Å². The van der Waals surface area contributed by atoms with Crippen LogP contribution in [0.25, 0.3) is 0 Å². The Morgan fingerprint density at radius 1 is 1.17 bits per heavy atom. The largest absolute Gasteiger partial charge is 0.497 e. The van der Waals surface area contributed by atoms with E-state index in [2.05, 4.69) is 15.5 Å². The third kappa shape index (κ3) is 4.96. The van der Waals surface area contributed by atoms with E-state index in [-0.39, 0.29) is 11.5 Å². The van der Waals surface area contributed by atoms with E-state index in [0.717, 1.165) is 0 Å². The molecule has 2 aromatic carbocycles. The van der Waals surface area contributed by atoms with Gasteiger partial charge in [-0.25, -0.2) is 9.78 Å². The summed E-state index contributed by atoms with van der Waals surface area (Å²) in [5.74, 6) is -0.446. The average Bonchev–Trinajstić information content (AvgIpc) is 3.17. The molecule has 1 heterocycles. The maximum absolute atomic E-state index is 12.2. The van der Waals surface area contributed by atoms with E-state index in [1.807, 2.05) is 0 Å². The minimum absolute atomic E-state index is 0.162. The van der Waals surface area contributed by atoms with E-state index in [0.29, 0.717) is 27.9 Å². The molecule has 0 aliphatic rings. The molecule has 0 radical (unpaired) electrons. The molecule has 0 bridgehead atoms. The second-order valence-corrected chi connectivity index (χ2v) is 6.70. The van der Waals surface area contributed by atoms with Gasteiger partial charge < -0.3 is 9.84 Å². The van der Waals surface area contributed by atoms with Crippen molar-refractivity contribution >= 4 is 45.9 Å². The number of ether oxygens (including phenoxy) is 1. The van der Waals surface area contributed by atoms with Crippen molar-refractivity contribution in [3.8, 4) is 5.75 Å². The molecule has 0 fully saturated rings. The highest BCUT2D eigenvalue weighted by atomic mass is 32.1. The molecule has 0 aliphatic heterocycles. The number of nitrogens with one attached hydrogen (secondary N) is 1. The van der Waals surface area contributed by atoms with E-state index in [4.69, 9.17) is 9.84 Å². The lowest BCUT2D eigenvalue weighted by molar-refractivity contribution is -0.115. The van der Waals surface area contributed by atoms with Crippen LogP contribution in [-0.4, -0.2) is 35.3 Å². The second-order valence-electron chi connectivity index (χ2n) is 5.86. The number of thiazole rings is 1. The molecule has 0 unspecified atom stereocenters. The van der Waals surface area contributed by atoms with Crippen molar-refractivity contribution in [3.63, 3.8) is 0 Å². The Morgan fingerprint density at radius 2 is 1.86 bits per heavy atom. The molecule has 0 saturated heterocycles. The Kier molecular flexibility index (Phi) is 6.20. The number of carbonyl (C=O) groups is 2. The molecule has 0 atom stereocenters. The Balaban J connectivity index is 1.71. The number of methoxy groups -OCH3 is 1. The molecule has 1 amide bonds. The van der Waals surface area contributed by atoms with Gasteiger partial charge in [-0.2, -0.15) is 5.10 Å². The van der Waals surface area contributed by atoms with Crippen LogP contribution in [0.2, 0.25) is 0 Å². The predicted octanol–water partition coefficient (Wildman–Crippen LogP) is 3.98. The third-order valence-electron chi connectivity index (χ3n) is 3.87. The fourth-order valence-corrected chi connectivity index (χ4v) is 3.29. The Labute approximate surface area is 171 Å². The van der Waals surface area contributed by atoms with Crippen LogP contribution in [0.15, 0.2) is 59.0 Å². The Bertz CT molecular complexity index is 1030. The first-order valence-electron chi connectivity index (χ1n) is 8.50. The van der Waals surface area contributed by atoms with Crippen LogP contribution in [0.4, 0.5) is 16.5 Å². The number of rotatable bonds is 7. The van der Waals surface area contributed by atoms with Crippen molar-refractivity contribution in [2.75, 3.05) is 17.4 Å². The average molecular weight is 410 g/mol. The van der Waals surface area contributed by atoms with Crippen LogP contribution >= 0.6 is 11.3 Å². The maximum atomic E-state index is 12.2. The summed E-state index contributed by atoms with van der Waals surface area (Å²) in [6, 6.07) is 13.3. The van der Waals surface area contributed by atoms with E-state index in [1.165, 1.54) is 41.5 Å². The number of hydrogen-bond acceptors (Lipinski definition) is 7. The van der Waals surface area contributed by atoms with Gasteiger partial charge in [-0.05, 0) is 48.5 Å². The van der Waals surface area contributed by atoms with Crippen LogP contribution in [0.5, 0.6) is 5.75 Å². The molecule has 3 aromatic rings. The number of aromatic carboxylic acids is 1. The minimum Gasteiger partial charge on any atom is -0.497 e. The molecular formula is C20H18N4O4S. The summed E-state index contributed by atoms with van der Waals surface area (Å²) in [5.41, 5.74) is 4.93. The summed E-state index contributed by atoms with van der Waals surface area (Å²) < 4.78 is 5.15. The number of aromatic nitrogens is 1. The van der Waals surface area contributed by atoms with Gasteiger partial charge in [0.05, 0.1) is 36.0 Å². The fourth-order valence-electron chi connectivity index (χ4n) is 2.46. The van der Waals surface area contributed by atoms with Crippen molar-refractivity contribution in [2.45, 2.75) is 6.92 Å². The van der Waals surface area contributed by atoms with Crippen LogP contribution in [-0.2, 0) is 4.79 Å². The Hall–Kier alpha value is -3.72. The smallest absolute Gasteiger partial charge is 0.335 e. The lowest BCUT2D eigenvalue weighted by Gasteiger charge is -2.18. The number of nitrogens with zero attached hydrogens (tertiary/aromatic N) is 3. The summed E-state index contributed by atoms with van der Waals surface area (Å²) in [5, 5.41) is 15.3. The molecule has 1 aromatic heterocycles. The standard InChI is InChI=1S/C20H18N4O4S/c1-13(25)24(17-7-9-18(28-2)10-8-17)20-22-16(12-29-20)11-21-23-15-5-3-14(4-6-15)19(26)27/h3-12,23H,1-2H3,(H,26,27)/b21-11-. The van der Waals surface area contributed by atoms with Crippen LogP contribution in [0.3, 0.4) is 0 Å². The molecule has 0 spiro atoms. The molecule has 3 rings (SSSR count). The summed E-state index contributed by atoms with van der Waals surface area (Å²) >= 11 is 1.32. The van der Waals surface area contributed by atoms with Gasteiger partial charge in [0.2, 0.25) is 5.91 Å². The van der Waals surface area contributed by atoms with Gasteiger partial charge in [-0.3, -0.25) is 15.1 Å². The van der Waals surface area contributed by atoms with E-state index < -0.39 is 5.97 Å². The summed E-state index contributed by atoms with van der Waals surface area (Å²) in [4.78, 5) is 29.0. The van der Waals surface area contributed by atoms with Crippen LogP contribution < -0.4 is 15.1 Å². The molecule has 8 nitrogen and oxygen atoms in total. The predicted molar refractivity (Wildman–Crippen MR) is 113 cm³/mol. The molecule has 0 saturated carbocycles. The number of hydrazone groups is 1. The van der Waals surface area contributed by atoms with Crippen molar-refractivity contribution < 1.29 is 19.4 Å². The molecule has 148 valence electrons. The summed E-state index contributed by atoms with van der Waals surface area (Å²) in [6.45, 7) is 1.47. The number of anilines is 3. The highest BCUT2D eigenvalue weighted by Crippen LogP contribution is 2.29. The van der Waals surface area contributed by atoms with Gasteiger partial charge in [0, 0.05) is 12.3 Å². The number of benzene rings is 2. The van der Waals surface area contributed by atoms with Crippen molar-refractivity contribution in [3.05, 3.63) is 65.2 Å². The molecular weight excluding hydrogens is 392 g/mol. The zero-order valence-corrected chi connectivity index (χ0v) is 16.5. The van der Waals surface area contributed by atoms with Crippen molar-refractivity contribution in [1.29, 1.82) is 0 Å². The number of carboxylic acid groups (broad SMARTS) is 1. The molecule has 29 heavy (non-hydrogen) atoms. The summed E-state index contributed by atoms with van der Waals surface area (Å²) in [7, 11) is 1.58. The number of amides is 1. The first kappa shape index (κ1) is 20.0. The van der Waals surface area contributed by atoms with Gasteiger partial charge in [0.25, 0.3) is 0 Å². The van der Waals surface area contributed by atoms with E-state index >= 15 is 0 Å². The normalized spacial score (nSPS) is 10.7. The molecule has 2 N–H and O–H groups in total. The number of hydrogen-bond donors (Lipinski definition) is 2. The zero-order valence-electron chi connectivity index (χ0n) is 15.7. The SMILES string of the molecule is COc1ccc(N(C(C)=O)c2nc(/C=N\Nc3ccc(C(=O)O)cc3)cs2)cc1.